The molecule has 28 heavy (non-hydrogen) atoms. The second-order valence-corrected chi connectivity index (χ2v) is 6.13. The van der Waals surface area contributed by atoms with Crippen molar-refractivity contribution >= 4 is 22.7 Å². The monoisotopic (exact) mass is 374 g/mol. The number of esters is 2. The van der Waals surface area contributed by atoms with Crippen LogP contribution < -0.4 is 9.47 Å². The number of para-hydroxylation sites is 1. The summed E-state index contributed by atoms with van der Waals surface area (Å²) in [6.45, 7) is 10.3. The Hall–Kier alpha value is -3.66. The zero-order chi connectivity index (χ0) is 20.5. The normalized spacial score (nSPS) is 9.64. The Bertz CT molecular complexity index is 998. The summed E-state index contributed by atoms with van der Waals surface area (Å²) in [5.74, 6) is 0.342. The van der Waals surface area contributed by atoms with Gasteiger partial charge in [0.25, 0.3) is 0 Å². The van der Waals surface area contributed by atoms with E-state index in [1.54, 1.807) is 44.2 Å². The van der Waals surface area contributed by atoms with Crippen LogP contribution in [0.5, 0.6) is 11.5 Å². The number of rotatable bonds is 4. The molecule has 3 aromatic carbocycles. The summed E-state index contributed by atoms with van der Waals surface area (Å²) in [6, 6.07) is 22.3. The van der Waals surface area contributed by atoms with E-state index >= 15 is 0 Å². The molecule has 0 saturated carbocycles. The highest BCUT2D eigenvalue weighted by Crippen LogP contribution is 2.25. The second kappa shape index (κ2) is 9.88. The third-order valence-electron chi connectivity index (χ3n) is 3.60. The van der Waals surface area contributed by atoms with Crippen molar-refractivity contribution in [2.24, 2.45) is 0 Å². The van der Waals surface area contributed by atoms with Crippen molar-refractivity contribution in [2.45, 2.75) is 13.8 Å². The van der Waals surface area contributed by atoms with Gasteiger partial charge in [0.05, 0.1) is 0 Å². The molecule has 0 atom stereocenters. The molecule has 0 heterocycles. The predicted molar refractivity (Wildman–Crippen MR) is 111 cm³/mol. The Kier molecular flexibility index (Phi) is 7.28. The molecular weight excluding hydrogens is 352 g/mol. The van der Waals surface area contributed by atoms with Crippen LogP contribution in [0.2, 0.25) is 0 Å². The molecule has 0 unspecified atom stereocenters. The number of benzene rings is 3. The quantitative estimate of drug-likeness (QED) is 0.344. The highest BCUT2D eigenvalue weighted by molar-refractivity contribution is 5.94. The molecule has 0 bridgehead atoms. The van der Waals surface area contributed by atoms with Gasteiger partial charge in [0.15, 0.2) is 0 Å². The Morgan fingerprint density at radius 2 is 1.21 bits per heavy atom. The minimum atomic E-state index is -0.392. The molecule has 0 amide bonds. The van der Waals surface area contributed by atoms with Gasteiger partial charge < -0.3 is 9.47 Å². The highest BCUT2D eigenvalue weighted by Gasteiger charge is 2.07. The molecule has 0 spiro atoms. The summed E-state index contributed by atoms with van der Waals surface area (Å²) >= 11 is 0. The molecule has 0 aromatic heterocycles. The van der Waals surface area contributed by atoms with Crippen molar-refractivity contribution in [3.05, 3.63) is 97.1 Å². The van der Waals surface area contributed by atoms with Crippen LogP contribution in [0.15, 0.2) is 97.1 Å². The van der Waals surface area contributed by atoms with Crippen LogP contribution in [0, 0.1) is 0 Å². The molecular formula is C24H22O4. The van der Waals surface area contributed by atoms with E-state index in [9.17, 15) is 9.59 Å². The van der Waals surface area contributed by atoms with Gasteiger partial charge >= 0.3 is 11.9 Å². The van der Waals surface area contributed by atoms with E-state index in [1.807, 2.05) is 42.5 Å². The average Bonchev–Trinajstić information content (AvgIpc) is 2.69. The lowest BCUT2D eigenvalue weighted by molar-refractivity contribution is -0.130. The fraction of sp³-hybridized carbons (Fsp3) is 0.0833. The first-order valence-electron chi connectivity index (χ1n) is 8.66. The van der Waals surface area contributed by atoms with Crippen LogP contribution in [0.25, 0.3) is 10.8 Å². The fourth-order valence-electron chi connectivity index (χ4n) is 2.15. The molecule has 0 N–H and O–H groups in total. The number of ether oxygens (including phenoxy) is 2. The molecule has 0 aliphatic rings. The van der Waals surface area contributed by atoms with Gasteiger partial charge in [-0.15, -0.1) is 0 Å². The van der Waals surface area contributed by atoms with E-state index in [0.717, 1.165) is 10.8 Å². The van der Waals surface area contributed by atoms with Gasteiger partial charge in [0, 0.05) is 16.5 Å². The van der Waals surface area contributed by atoms with E-state index in [4.69, 9.17) is 9.47 Å². The summed E-state index contributed by atoms with van der Waals surface area (Å²) in [5, 5.41) is 1.98. The first kappa shape index (κ1) is 20.6. The van der Waals surface area contributed by atoms with Crippen molar-refractivity contribution < 1.29 is 19.1 Å². The maximum Gasteiger partial charge on any atom is 0.338 e. The Morgan fingerprint density at radius 1 is 0.679 bits per heavy atom. The van der Waals surface area contributed by atoms with Gasteiger partial charge in [-0.05, 0) is 37.4 Å². The number of hydrogen-bond acceptors (Lipinski definition) is 4. The van der Waals surface area contributed by atoms with Crippen LogP contribution in [-0.2, 0) is 9.59 Å². The Labute approximate surface area is 164 Å². The second-order valence-electron chi connectivity index (χ2n) is 6.13. The Balaban J connectivity index is 0.000000209. The summed E-state index contributed by atoms with van der Waals surface area (Å²) in [4.78, 5) is 22.4. The summed E-state index contributed by atoms with van der Waals surface area (Å²) in [6.07, 6.45) is 0. The number of carbonyl (C=O) groups excluding carboxylic acids is 2. The minimum Gasteiger partial charge on any atom is -0.423 e. The molecule has 142 valence electrons. The third kappa shape index (κ3) is 5.95. The average molecular weight is 374 g/mol. The fourth-order valence-corrected chi connectivity index (χ4v) is 2.15. The van der Waals surface area contributed by atoms with Crippen LogP contribution >= 0.6 is 0 Å². The van der Waals surface area contributed by atoms with Crippen LogP contribution in [0.1, 0.15) is 13.8 Å². The lowest BCUT2D eigenvalue weighted by Gasteiger charge is -2.06. The van der Waals surface area contributed by atoms with Gasteiger partial charge in [-0.25, -0.2) is 9.59 Å². The van der Waals surface area contributed by atoms with E-state index in [-0.39, 0.29) is 5.97 Å². The van der Waals surface area contributed by atoms with Crippen molar-refractivity contribution in [3.63, 3.8) is 0 Å². The van der Waals surface area contributed by atoms with Crippen molar-refractivity contribution in [2.75, 3.05) is 0 Å². The Morgan fingerprint density at radius 3 is 1.86 bits per heavy atom. The molecule has 3 rings (SSSR count). The van der Waals surface area contributed by atoms with Crippen molar-refractivity contribution in [1.29, 1.82) is 0 Å². The topological polar surface area (TPSA) is 52.6 Å². The van der Waals surface area contributed by atoms with Crippen molar-refractivity contribution in [3.8, 4) is 11.5 Å². The lowest BCUT2D eigenvalue weighted by Crippen LogP contribution is -2.08. The SMILES string of the molecule is C=C(C)C(=O)Oc1cccc2ccccc12.C=C(C)C(=O)Oc1ccccc1. The molecule has 0 aliphatic heterocycles. The molecule has 4 nitrogen and oxygen atoms in total. The first-order valence-corrected chi connectivity index (χ1v) is 8.66. The number of hydrogen-bond donors (Lipinski definition) is 0. The van der Waals surface area contributed by atoms with Gasteiger partial charge in [0.1, 0.15) is 11.5 Å². The van der Waals surface area contributed by atoms with Crippen LogP contribution in [-0.4, -0.2) is 11.9 Å². The van der Waals surface area contributed by atoms with Gasteiger partial charge in [-0.3, -0.25) is 0 Å². The molecule has 0 aliphatic carbocycles. The highest BCUT2D eigenvalue weighted by atomic mass is 16.5. The van der Waals surface area contributed by atoms with E-state index < -0.39 is 5.97 Å². The van der Waals surface area contributed by atoms with Crippen molar-refractivity contribution in [1.82, 2.24) is 0 Å². The van der Waals surface area contributed by atoms with Gasteiger partial charge in [-0.1, -0.05) is 67.8 Å². The van der Waals surface area contributed by atoms with Gasteiger partial charge in [-0.2, -0.15) is 0 Å². The molecule has 4 heteroatoms. The largest absolute Gasteiger partial charge is 0.423 e. The summed E-state index contributed by atoms with van der Waals surface area (Å²) in [5.41, 5.74) is 0.798. The van der Waals surface area contributed by atoms with Crippen LogP contribution in [0.4, 0.5) is 0 Å². The first-order chi connectivity index (χ1) is 13.4. The maximum absolute atomic E-state index is 11.4. The molecule has 3 aromatic rings. The van der Waals surface area contributed by atoms with Crippen LogP contribution in [0.3, 0.4) is 0 Å². The predicted octanol–water partition coefficient (Wildman–Crippen LogP) is 5.49. The van der Waals surface area contributed by atoms with E-state index in [0.29, 0.717) is 22.6 Å². The summed E-state index contributed by atoms with van der Waals surface area (Å²) in [7, 11) is 0. The number of fused-ring (bicyclic) bond motifs is 1. The maximum atomic E-state index is 11.4. The zero-order valence-electron chi connectivity index (χ0n) is 16.0. The molecule has 0 fully saturated rings. The molecule has 0 radical (unpaired) electrons. The third-order valence-corrected chi connectivity index (χ3v) is 3.60. The smallest absolute Gasteiger partial charge is 0.338 e. The molecule has 0 saturated heterocycles. The minimum absolute atomic E-state index is 0.388. The lowest BCUT2D eigenvalue weighted by atomic mass is 10.1. The standard InChI is InChI=1S/C14H12O2.C10H10O2/c1-10(2)14(15)16-13-9-5-7-11-6-3-4-8-12(11)13;1-8(2)10(11)12-9-6-4-3-5-7-9/h3-9H,1H2,2H3;3-7H,1H2,2H3. The zero-order valence-corrected chi connectivity index (χ0v) is 16.0. The van der Waals surface area contributed by atoms with E-state index in [1.165, 1.54) is 0 Å². The van der Waals surface area contributed by atoms with Gasteiger partial charge in [0.2, 0.25) is 0 Å². The summed E-state index contributed by atoms with van der Waals surface area (Å²) < 4.78 is 10.2. The number of carbonyl (C=O) groups is 2. The van der Waals surface area contributed by atoms with E-state index in [2.05, 4.69) is 13.2 Å².